The smallest absolute Gasteiger partial charge is 0.340 e. The summed E-state index contributed by atoms with van der Waals surface area (Å²) in [5, 5.41) is 1.15. The minimum Gasteiger partial charge on any atom is -0.465 e. The summed E-state index contributed by atoms with van der Waals surface area (Å²) >= 11 is 18.3. The van der Waals surface area contributed by atoms with Gasteiger partial charge in [-0.15, -0.1) is 0 Å². The van der Waals surface area contributed by atoms with Crippen molar-refractivity contribution in [1.29, 1.82) is 0 Å². The van der Waals surface area contributed by atoms with Gasteiger partial charge in [0.15, 0.2) is 0 Å². The van der Waals surface area contributed by atoms with Crippen molar-refractivity contribution < 1.29 is 27.2 Å². The predicted octanol–water partition coefficient (Wildman–Crippen LogP) is 7.82. The zero-order valence-corrected chi connectivity index (χ0v) is 27.5. The Balaban J connectivity index is 1.49. The van der Waals surface area contributed by atoms with E-state index in [9.17, 15) is 18.0 Å². The quantitative estimate of drug-likeness (QED) is 0.132. The van der Waals surface area contributed by atoms with Crippen LogP contribution in [0.2, 0.25) is 15.1 Å². The highest BCUT2D eigenvalue weighted by molar-refractivity contribution is 7.89. The lowest BCUT2D eigenvalue weighted by Gasteiger charge is -2.22. The van der Waals surface area contributed by atoms with E-state index >= 15 is 0 Å². The highest BCUT2D eigenvalue weighted by Crippen LogP contribution is 2.36. The molecule has 0 unspecified atom stereocenters. The number of allylic oxidation sites excluding steroid dienone is 1. The number of ether oxygens (including phenoxy) is 1. The fourth-order valence-corrected chi connectivity index (χ4v) is 6.72. The molecule has 4 aromatic rings. The summed E-state index contributed by atoms with van der Waals surface area (Å²) in [7, 11) is -2.75. The first-order valence-corrected chi connectivity index (χ1v) is 16.2. The lowest BCUT2D eigenvalue weighted by molar-refractivity contribution is -0.136. The number of hydrogen-bond donors (Lipinski definition) is 0. The molecule has 1 amide bonds. The molecule has 45 heavy (non-hydrogen) atoms. The summed E-state index contributed by atoms with van der Waals surface area (Å²) in [6, 6.07) is 21.3. The average Bonchev–Trinajstić information content (AvgIpc) is 3.55. The van der Waals surface area contributed by atoms with Crippen LogP contribution in [0.3, 0.4) is 0 Å². The van der Waals surface area contributed by atoms with Gasteiger partial charge < -0.3 is 9.15 Å². The number of sulfonamides is 1. The minimum absolute atomic E-state index is 0.0207. The van der Waals surface area contributed by atoms with E-state index in [1.54, 1.807) is 85.8 Å². The first kappa shape index (κ1) is 32.5. The molecule has 5 rings (SSSR count). The molecule has 1 aliphatic rings. The van der Waals surface area contributed by atoms with Crippen LogP contribution >= 0.6 is 34.8 Å². The molecule has 3 aromatic carbocycles. The SMILES string of the molecule is COC(=O)C1=C(C)N(c2ccc(Cl)cc2)C(=O)/C1=C/c1ccc(CN(Cc2ccc(Cl)c(Cl)c2)S(=O)(=O)c2ccc(C)cc2)o1. The fraction of sp³-hybridized carbons (Fsp3) is 0.152. The summed E-state index contributed by atoms with van der Waals surface area (Å²) < 4.78 is 39.9. The van der Waals surface area contributed by atoms with Crippen molar-refractivity contribution in [2.75, 3.05) is 12.0 Å². The molecule has 1 aliphatic heterocycles. The van der Waals surface area contributed by atoms with Gasteiger partial charge in [0.2, 0.25) is 10.0 Å². The number of aryl methyl sites for hydroxylation is 1. The molecular weight excluding hydrogens is 659 g/mol. The van der Waals surface area contributed by atoms with Crippen molar-refractivity contribution in [3.05, 3.63) is 133 Å². The number of furan rings is 1. The van der Waals surface area contributed by atoms with E-state index in [2.05, 4.69) is 0 Å². The van der Waals surface area contributed by atoms with E-state index in [-0.39, 0.29) is 34.9 Å². The monoisotopic (exact) mass is 684 g/mol. The highest BCUT2D eigenvalue weighted by Gasteiger charge is 2.38. The van der Waals surface area contributed by atoms with Crippen LogP contribution in [0.25, 0.3) is 6.08 Å². The van der Waals surface area contributed by atoms with E-state index in [0.717, 1.165) is 5.56 Å². The van der Waals surface area contributed by atoms with Crippen molar-refractivity contribution >= 4 is 68.5 Å². The van der Waals surface area contributed by atoms with Gasteiger partial charge in [0.1, 0.15) is 11.5 Å². The molecule has 0 fully saturated rings. The van der Waals surface area contributed by atoms with Gasteiger partial charge in [0.25, 0.3) is 5.91 Å². The Morgan fingerprint density at radius 1 is 0.911 bits per heavy atom. The standard InChI is InChI=1S/C33H27Cl3N2O6S/c1-20-4-13-27(14-5-20)45(41,42)37(18-22-6-15-29(35)30(36)16-22)19-26-12-11-25(44-26)17-28-31(33(40)43-3)21(2)38(32(28)39)24-9-7-23(34)8-10-24/h4-17H,18-19H2,1-3H3/b28-17+. The Kier molecular flexibility index (Phi) is 9.57. The Bertz CT molecular complexity index is 1950. The van der Waals surface area contributed by atoms with Gasteiger partial charge in [-0.25, -0.2) is 13.2 Å². The van der Waals surface area contributed by atoms with E-state index in [0.29, 0.717) is 37.8 Å². The topological polar surface area (TPSA) is 97.1 Å². The molecule has 0 N–H and O–H groups in total. The van der Waals surface area contributed by atoms with Gasteiger partial charge in [-0.05, 0) is 86.2 Å². The molecule has 12 heteroatoms. The van der Waals surface area contributed by atoms with Crippen LogP contribution in [0.4, 0.5) is 5.69 Å². The second-order valence-electron chi connectivity index (χ2n) is 10.3. The first-order chi connectivity index (χ1) is 21.4. The molecule has 0 bridgehead atoms. The molecule has 232 valence electrons. The number of anilines is 1. The Labute approximate surface area is 276 Å². The van der Waals surface area contributed by atoms with Crippen molar-refractivity contribution in [1.82, 2.24) is 4.31 Å². The lowest BCUT2D eigenvalue weighted by atomic mass is 10.1. The van der Waals surface area contributed by atoms with Crippen LogP contribution in [0, 0.1) is 6.92 Å². The summed E-state index contributed by atoms with van der Waals surface area (Å²) in [6.07, 6.45) is 1.44. The number of amides is 1. The van der Waals surface area contributed by atoms with Crippen LogP contribution < -0.4 is 4.90 Å². The molecule has 0 radical (unpaired) electrons. The number of carbonyl (C=O) groups is 2. The maximum Gasteiger partial charge on any atom is 0.340 e. The molecule has 2 heterocycles. The zero-order valence-electron chi connectivity index (χ0n) is 24.4. The van der Waals surface area contributed by atoms with E-state index in [1.807, 2.05) is 6.92 Å². The van der Waals surface area contributed by atoms with Crippen molar-refractivity contribution in [3.63, 3.8) is 0 Å². The second kappa shape index (κ2) is 13.2. The number of carbonyl (C=O) groups excluding carboxylic acids is 2. The van der Waals surface area contributed by atoms with Crippen LogP contribution in [0.1, 0.15) is 29.6 Å². The van der Waals surface area contributed by atoms with Gasteiger partial charge in [-0.1, -0.05) is 58.6 Å². The highest BCUT2D eigenvalue weighted by atomic mass is 35.5. The minimum atomic E-state index is -3.99. The lowest BCUT2D eigenvalue weighted by Crippen LogP contribution is -2.30. The van der Waals surface area contributed by atoms with E-state index < -0.39 is 21.9 Å². The number of esters is 1. The average molecular weight is 686 g/mol. The van der Waals surface area contributed by atoms with Crippen molar-refractivity contribution in [2.45, 2.75) is 31.8 Å². The maximum absolute atomic E-state index is 13.8. The summed E-state index contributed by atoms with van der Waals surface area (Å²) in [4.78, 5) is 27.9. The molecular formula is C33H27Cl3N2O6S. The molecule has 8 nitrogen and oxygen atoms in total. The van der Waals surface area contributed by atoms with Crippen LogP contribution in [0.15, 0.2) is 105 Å². The van der Waals surface area contributed by atoms with Gasteiger partial charge in [0, 0.05) is 23.0 Å². The summed E-state index contributed by atoms with van der Waals surface area (Å²) in [5.41, 5.74) is 2.58. The van der Waals surface area contributed by atoms with Gasteiger partial charge in [-0.2, -0.15) is 4.31 Å². The molecule has 0 saturated heterocycles. The molecule has 0 saturated carbocycles. The normalized spacial score (nSPS) is 14.6. The van der Waals surface area contributed by atoms with Gasteiger partial charge in [0.05, 0.1) is 39.7 Å². The zero-order chi connectivity index (χ0) is 32.5. The van der Waals surface area contributed by atoms with Gasteiger partial charge >= 0.3 is 5.97 Å². The maximum atomic E-state index is 13.8. The molecule has 0 atom stereocenters. The first-order valence-electron chi connectivity index (χ1n) is 13.6. The Morgan fingerprint density at radius 3 is 2.24 bits per heavy atom. The molecule has 0 aliphatic carbocycles. The second-order valence-corrected chi connectivity index (χ2v) is 13.5. The van der Waals surface area contributed by atoms with Crippen molar-refractivity contribution in [2.24, 2.45) is 0 Å². The number of hydrogen-bond acceptors (Lipinski definition) is 6. The number of nitrogens with zero attached hydrogens (tertiary/aromatic N) is 2. The number of halogens is 3. The Hall–Kier alpha value is -3.86. The van der Waals surface area contributed by atoms with E-state index in [1.165, 1.54) is 22.4 Å². The predicted molar refractivity (Wildman–Crippen MR) is 174 cm³/mol. The number of methoxy groups -OCH3 is 1. The van der Waals surface area contributed by atoms with Crippen LogP contribution in [0.5, 0.6) is 0 Å². The molecule has 1 aromatic heterocycles. The number of rotatable bonds is 9. The van der Waals surface area contributed by atoms with E-state index in [4.69, 9.17) is 44.0 Å². The third kappa shape index (κ3) is 6.88. The van der Waals surface area contributed by atoms with Crippen LogP contribution in [-0.2, 0) is 37.4 Å². The summed E-state index contributed by atoms with van der Waals surface area (Å²) in [5.74, 6) is -0.607. The van der Waals surface area contributed by atoms with Crippen LogP contribution in [-0.4, -0.2) is 31.7 Å². The number of benzene rings is 3. The third-order valence-electron chi connectivity index (χ3n) is 7.18. The fourth-order valence-electron chi connectivity index (χ4n) is 4.88. The van der Waals surface area contributed by atoms with Gasteiger partial charge in [-0.3, -0.25) is 9.69 Å². The summed E-state index contributed by atoms with van der Waals surface area (Å²) in [6.45, 7) is 3.36. The van der Waals surface area contributed by atoms with Crippen molar-refractivity contribution in [3.8, 4) is 0 Å². The third-order valence-corrected chi connectivity index (χ3v) is 9.97. The Morgan fingerprint density at radius 2 is 1.60 bits per heavy atom. The largest absolute Gasteiger partial charge is 0.465 e. The molecule has 0 spiro atoms.